The maximum Gasteiger partial charge on any atom is 0.125 e. The highest BCUT2D eigenvalue weighted by Crippen LogP contribution is 2.41. The summed E-state index contributed by atoms with van der Waals surface area (Å²) in [5.74, 6) is 2.06. The lowest BCUT2D eigenvalue weighted by Crippen LogP contribution is -2.36. The van der Waals surface area contributed by atoms with Gasteiger partial charge in [0.05, 0.1) is 7.11 Å². The monoisotopic (exact) mass is 424 g/mol. The summed E-state index contributed by atoms with van der Waals surface area (Å²) in [5, 5.41) is 0. The number of benzene rings is 1. The fraction of sp³-hybridized carbons (Fsp3) is 0.586. The van der Waals surface area contributed by atoms with Gasteiger partial charge in [-0.3, -0.25) is 0 Å². The summed E-state index contributed by atoms with van der Waals surface area (Å²) in [4.78, 5) is 0. The van der Waals surface area contributed by atoms with Gasteiger partial charge in [0.1, 0.15) is 17.1 Å². The van der Waals surface area contributed by atoms with E-state index in [0.29, 0.717) is 0 Å². The minimum atomic E-state index is -0.0847. The zero-order valence-electron chi connectivity index (χ0n) is 21.3. The van der Waals surface area contributed by atoms with E-state index >= 15 is 0 Å². The van der Waals surface area contributed by atoms with Crippen molar-refractivity contribution in [3.8, 4) is 11.5 Å². The Morgan fingerprint density at radius 2 is 1.61 bits per heavy atom. The second-order valence-corrected chi connectivity index (χ2v) is 9.88. The second kappa shape index (κ2) is 11.6. The van der Waals surface area contributed by atoms with Gasteiger partial charge < -0.3 is 9.47 Å². The lowest BCUT2D eigenvalue weighted by molar-refractivity contribution is 0.0567. The molecule has 1 aliphatic heterocycles. The van der Waals surface area contributed by atoms with Crippen LogP contribution in [0.2, 0.25) is 0 Å². The number of hydrogen-bond donors (Lipinski definition) is 0. The largest absolute Gasteiger partial charge is 0.496 e. The Kier molecular flexibility index (Phi) is 9.47. The summed E-state index contributed by atoms with van der Waals surface area (Å²) in [6, 6.07) is 2.16. The predicted octanol–water partition coefficient (Wildman–Crippen LogP) is 8.60. The number of hydrogen-bond acceptors (Lipinski definition) is 2. The van der Waals surface area contributed by atoms with E-state index in [1.165, 1.54) is 34.3 Å². The van der Waals surface area contributed by atoms with Gasteiger partial charge in [0.15, 0.2) is 0 Å². The summed E-state index contributed by atoms with van der Waals surface area (Å²) in [6.07, 6.45) is 16.1. The van der Waals surface area contributed by atoms with Crippen LogP contribution in [-0.2, 0) is 6.42 Å². The maximum absolute atomic E-state index is 6.53. The smallest absolute Gasteiger partial charge is 0.125 e. The molecule has 1 aromatic rings. The van der Waals surface area contributed by atoms with Gasteiger partial charge in [-0.2, -0.15) is 0 Å². The van der Waals surface area contributed by atoms with Gasteiger partial charge in [-0.25, -0.2) is 0 Å². The summed E-state index contributed by atoms with van der Waals surface area (Å²) >= 11 is 0. The van der Waals surface area contributed by atoms with Crippen molar-refractivity contribution in [2.75, 3.05) is 7.11 Å². The molecule has 2 heteroatoms. The Labute approximate surface area is 191 Å². The van der Waals surface area contributed by atoms with E-state index in [2.05, 4.69) is 72.8 Å². The Bertz CT molecular complexity index is 837. The third kappa shape index (κ3) is 7.59. The van der Waals surface area contributed by atoms with E-state index in [0.717, 1.165) is 62.0 Å². The van der Waals surface area contributed by atoms with Crippen LogP contribution >= 0.6 is 0 Å². The van der Waals surface area contributed by atoms with Crippen LogP contribution in [0.15, 0.2) is 41.0 Å². The van der Waals surface area contributed by atoms with E-state index in [-0.39, 0.29) is 5.60 Å². The molecule has 0 saturated carbocycles. The number of ether oxygens (including phenoxy) is 2. The molecule has 0 amide bonds. The summed E-state index contributed by atoms with van der Waals surface area (Å²) in [6.45, 7) is 15.4. The van der Waals surface area contributed by atoms with Crippen molar-refractivity contribution in [3.63, 3.8) is 0 Å². The molecular weight excluding hydrogens is 380 g/mol. The van der Waals surface area contributed by atoms with Crippen molar-refractivity contribution in [3.05, 3.63) is 57.7 Å². The minimum absolute atomic E-state index is 0.0847. The summed E-state index contributed by atoms with van der Waals surface area (Å²) < 4.78 is 12.1. The van der Waals surface area contributed by atoms with Crippen LogP contribution in [0.3, 0.4) is 0 Å². The van der Waals surface area contributed by atoms with Gasteiger partial charge in [0, 0.05) is 5.56 Å². The van der Waals surface area contributed by atoms with Crippen molar-refractivity contribution in [1.29, 1.82) is 0 Å². The Morgan fingerprint density at radius 1 is 1.00 bits per heavy atom. The molecular formula is C29H44O2. The average Bonchev–Trinajstić information content (AvgIpc) is 2.67. The molecule has 1 atom stereocenters. The summed E-state index contributed by atoms with van der Waals surface area (Å²) in [5.41, 5.74) is 8.04. The van der Waals surface area contributed by atoms with Crippen LogP contribution in [-0.4, -0.2) is 12.7 Å². The molecule has 2 nitrogen and oxygen atoms in total. The molecule has 31 heavy (non-hydrogen) atoms. The van der Waals surface area contributed by atoms with Crippen LogP contribution in [0.25, 0.3) is 0 Å². The highest BCUT2D eigenvalue weighted by atomic mass is 16.5. The SMILES string of the molecule is COc1c(C)cc2c(c1C)CC[C@@](C)(CC/C=C(\C)CC/C=C(\C)CCC=C(C)C)O2. The Morgan fingerprint density at radius 3 is 2.23 bits per heavy atom. The van der Waals surface area contributed by atoms with Crippen LogP contribution in [0.4, 0.5) is 0 Å². The van der Waals surface area contributed by atoms with Gasteiger partial charge in [-0.1, -0.05) is 34.9 Å². The maximum atomic E-state index is 6.53. The molecule has 0 saturated heterocycles. The highest BCUT2D eigenvalue weighted by molar-refractivity contribution is 5.53. The van der Waals surface area contributed by atoms with Gasteiger partial charge in [0.25, 0.3) is 0 Å². The second-order valence-electron chi connectivity index (χ2n) is 9.88. The quantitative estimate of drug-likeness (QED) is 0.350. The number of rotatable bonds is 10. The minimum Gasteiger partial charge on any atom is -0.496 e. The predicted molar refractivity (Wildman–Crippen MR) is 134 cm³/mol. The molecule has 0 N–H and O–H groups in total. The third-order valence-electron chi connectivity index (χ3n) is 6.55. The first-order chi connectivity index (χ1) is 14.6. The fourth-order valence-electron chi connectivity index (χ4n) is 4.53. The van der Waals surface area contributed by atoms with Crippen molar-refractivity contribution >= 4 is 0 Å². The van der Waals surface area contributed by atoms with E-state index in [9.17, 15) is 0 Å². The van der Waals surface area contributed by atoms with Crippen molar-refractivity contribution in [1.82, 2.24) is 0 Å². The zero-order valence-corrected chi connectivity index (χ0v) is 21.3. The standard InChI is InChI=1S/C29H44O2/c1-21(2)12-9-13-22(3)14-10-15-23(4)16-11-18-29(7)19-17-26-25(6)28(30-8)24(5)20-27(26)31-29/h12,14,16,20H,9-11,13,15,17-19H2,1-8H3/b22-14+,23-16+/t29-/m1/s1. The molecule has 0 unspecified atom stereocenters. The summed E-state index contributed by atoms with van der Waals surface area (Å²) in [7, 11) is 1.76. The molecule has 0 spiro atoms. The van der Waals surface area contributed by atoms with E-state index in [4.69, 9.17) is 9.47 Å². The van der Waals surface area contributed by atoms with Crippen LogP contribution in [0, 0.1) is 13.8 Å². The molecule has 1 aromatic carbocycles. The van der Waals surface area contributed by atoms with Crippen LogP contribution in [0.1, 0.15) is 96.3 Å². The lowest BCUT2D eigenvalue weighted by Gasteiger charge is -2.37. The first kappa shape index (κ1) is 25.3. The topological polar surface area (TPSA) is 18.5 Å². The zero-order chi connectivity index (χ0) is 23.0. The molecule has 2 rings (SSSR count). The average molecular weight is 425 g/mol. The number of fused-ring (bicyclic) bond motifs is 1. The molecule has 0 aromatic heterocycles. The van der Waals surface area contributed by atoms with Crippen molar-refractivity contribution in [2.45, 2.75) is 105 Å². The van der Waals surface area contributed by atoms with E-state index in [1.807, 2.05) is 0 Å². The lowest BCUT2D eigenvalue weighted by atomic mass is 9.86. The normalized spacial score (nSPS) is 19.0. The van der Waals surface area contributed by atoms with Gasteiger partial charge in [-0.05, 0) is 117 Å². The van der Waals surface area contributed by atoms with Crippen LogP contribution in [0.5, 0.6) is 11.5 Å². The molecule has 0 fully saturated rings. The first-order valence-electron chi connectivity index (χ1n) is 12.0. The Hall–Kier alpha value is -1.96. The fourth-order valence-corrected chi connectivity index (χ4v) is 4.53. The molecule has 0 aliphatic carbocycles. The van der Waals surface area contributed by atoms with Crippen molar-refractivity contribution in [2.24, 2.45) is 0 Å². The first-order valence-corrected chi connectivity index (χ1v) is 12.0. The van der Waals surface area contributed by atoms with Crippen LogP contribution < -0.4 is 9.47 Å². The molecule has 1 heterocycles. The van der Waals surface area contributed by atoms with Gasteiger partial charge >= 0.3 is 0 Å². The van der Waals surface area contributed by atoms with Crippen molar-refractivity contribution < 1.29 is 9.47 Å². The molecule has 1 aliphatic rings. The highest BCUT2D eigenvalue weighted by Gasteiger charge is 2.32. The van der Waals surface area contributed by atoms with Gasteiger partial charge in [-0.15, -0.1) is 0 Å². The number of aryl methyl sites for hydroxylation is 1. The van der Waals surface area contributed by atoms with Gasteiger partial charge in [0.2, 0.25) is 0 Å². The number of methoxy groups -OCH3 is 1. The Balaban J connectivity index is 1.85. The number of allylic oxidation sites excluding steroid dienone is 6. The molecule has 0 bridgehead atoms. The molecule has 172 valence electrons. The third-order valence-corrected chi connectivity index (χ3v) is 6.55. The van der Waals surface area contributed by atoms with E-state index in [1.54, 1.807) is 7.11 Å². The molecule has 0 radical (unpaired) electrons. The van der Waals surface area contributed by atoms with E-state index < -0.39 is 0 Å².